The monoisotopic (exact) mass is 358 g/mol. The Morgan fingerprint density at radius 1 is 1.04 bits per heavy atom. The Bertz CT molecular complexity index is 719. The number of benzene rings is 2. The number of halogens is 1. The smallest absolute Gasteiger partial charge is 0.234 e. The van der Waals surface area contributed by atoms with Crippen LogP contribution in [0.5, 0.6) is 0 Å². The van der Waals surface area contributed by atoms with E-state index in [1.165, 1.54) is 6.92 Å². The standard InChI is InChI=1S/C20H23ClN2O2/c1-14(17-10-6-7-11-18(17)21)22-13-20(25)23-19(15(2)24)12-16-8-4-3-5-9-16/h3-11,14,19,22H,12-13H2,1-2H3,(H,23,25)/t14-,19+/m1/s1. The number of ketones is 1. The molecule has 0 aliphatic carbocycles. The van der Waals surface area contributed by atoms with Gasteiger partial charge in [0.15, 0.2) is 5.78 Å². The summed E-state index contributed by atoms with van der Waals surface area (Å²) >= 11 is 6.17. The predicted octanol–water partition coefficient (Wildman–Crippen LogP) is 3.31. The van der Waals surface area contributed by atoms with E-state index in [1.807, 2.05) is 61.5 Å². The van der Waals surface area contributed by atoms with Crippen LogP contribution in [0.4, 0.5) is 0 Å². The molecule has 0 bridgehead atoms. The van der Waals surface area contributed by atoms with Gasteiger partial charge in [0.1, 0.15) is 0 Å². The van der Waals surface area contributed by atoms with Crippen LogP contribution in [-0.4, -0.2) is 24.3 Å². The molecule has 0 spiro atoms. The Morgan fingerprint density at radius 2 is 1.68 bits per heavy atom. The summed E-state index contributed by atoms with van der Waals surface area (Å²) in [4.78, 5) is 24.0. The van der Waals surface area contributed by atoms with E-state index < -0.39 is 6.04 Å². The van der Waals surface area contributed by atoms with Gasteiger partial charge in [-0.3, -0.25) is 9.59 Å². The zero-order valence-corrected chi connectivity index (χ0v) is 15.2. The van der Waals surface area contributed by atoms with Gasteiger partial charge in [-0.05, 0) is 37.5 Å². The van der Waals surface area contributed by atoms with Crippen LogP contribution in [0.25, 0.3) is 0 Å². The van der Waals surface area contributed by atoms with E-state index in [2.05, 4.69) is 10.6 Å². The molecule has 0 aromatic heterocycles. The quantitative estimate of drug-likeness (QED) is 0.761. The Balaban J connectivity index is 1.89. The molecule has 5 heteroatoms. The number of rotatable bonds is 8. The molecular weight excluding hydrogens is 336 g/mol. The third-order valence-corrected chi connectivity index (χ3v) is 4.39. The number of hydrogen-bond acceptors (Lipinski definition) is 3. The zero-order valence-electron chi connectivity index (χ0n) is 14.5. The molecule has 2 atom stereocenters. The number of amides is 1. The second-order valence-corrected chi connectivity index (χ2v) is 6.45. The molecule has 2 aromatic rings. The average Bonchev–Trinajstić information content (AvgIpc) is 2.60. The maximum atomic E-state index is 12.2. The normalized spacial score (nSPS) is 13.1. The highest BCUT2D eigenvalue weighted by Gasteiger charge is 2.18. The van der Waals surface area contributed by atoms with Crippen molar-refractivity contribution in [1.82, 2.24) is 10.6 Å². The summed E-state index contributed by atoms with van der Waals surface area (Å²) in [5.41, 5.74) is 1.95. The molecule has 4 nitrogen and oxygen atoms in total. The minimum Gasteiger partial charge on any atom is -0.345 e. The minimum absolute atomic E-state index is 0.0589. The molecular formula is C20H23ClN2O2. The van der Waals surface area contributed by atoms with Crippen molar-refractivity contribution in [1.29, 1.82) is 0 Å². The van der Waals surface area contributed by atoms with Gasteiger partial charge in [0.05, 0.1) is 12.6 Å². The van der Waals surface area contributed by atoms with Crippen LogP contribution in [0.15, 0.2) is 54.6 Å². The highest BCUT2D eigenvalue weighted by molar-refractivity contribution is 6.31. The van der Waals surface area contributed by atoms with Gasteiger partial charge in [-0.2, -0.15) is 0 Å². The molecule has 0 aliphatic rings. The molecule has 2 aromatic carbocycles. The lowest BCUT2D eigenvalue weighted by Gasteiger charge is -2.19. The van der Waals surface area contributed by atoms with Gasteiger partial charge in [-0.25, -0.2) is 0 Å². The third-order valence-electron chi connectivity index (χ3n) is 4.05. The van der Waals surface area contributed by atoms with Crippen LogP contribution in [0.3, 0.4) is 0 Å². The zero-order chi connectivity index (χ0) is 18.2. The highest BCUT2D eigenvalue weighted by atomic mass is 35.5. The lowest BCUT2D eigenvalue weighted by molar-refractivity contribution is -0.126. The molecule has 0 saturated heterocycles. The van der Waals surface area contributed by atoms with Crippen molar-refractivity contribution in [3.8, 4) is 0 Å². The average molecular weight is 359 g/mol. The summed E-state index contributed by atoms with van der Waals surface area (Å²) < 4.78 is 0. The van der Waals surface area contributed by atoms with E-state index in [4.69, 9.17) is 11.6 Å². The molecule has 25 heavy (non-hydrogen) atoms. The fourth-order valence-electron chi connectivity index (χ4n) is 2.57. The van der Waals surface area contributed by atoms with Crippen molar-refractivity contribution in [2.75, 3.05) is 6.54 Å². The molecule has 2 rings (SSSR count). The van der Waals surface area contributed by atoms with E-state index in [-0.39, 0.29) is 24.3 Å². The van der Waals surface area contributed by atoms with Crippen LogP contribution < -0.4 is 10.6 Å². The van der Waals surface area contributed by atoms with Crippen molar-refractivity contribution < 1.29 is 9.59 Å². The summed E-state index contributed by atoms with van der Waals surface area (Å²) in [6.07, 6.45) is 0.488. The number of carbonyl (C=O) groups is 2. The summed E-state index contributed by atoms with van der Waals surface area (Å²) in [6.45, 7) is 3.56. The summed E-state index contributed by atoms with van der Waals surface area (Å²) in [5, 5.41) is 6.60. The van der Waals surface area contributed by atoms with Crippen molar-refractivity contribution in [2.24, 2.45) is 0 Å². The topological polar surface area (TPSA) is 58.2 Å². The minimum atomic E-state index is -0.521. The van der Waals surface area contributed by atoms with Crippen molar-refractivity contribution in [2.45, 2.75) is 32.4 Å². The van der Waals surface area contributed by atoms with Crippen LogP contribution >= 0.6 is 11.6 Å². The fraction of sp³-hybridized carbons (Fsp3) is 0.300. The maximum absolute atomic E-state index is 12.2. The largest absolute Gasteiger partial charge is 0.345 e. The van der Waals surface area contributed by atoms with Crippen molar-refractivity contribution in [3.05, 3.63) is 70.7 Å². The van der Waals surface area contributed by atoms with Gasteiger partial charge >= 0.3 is 0 Å². The summed E-state index contributed by atoms with van der Waals surface area (Å²) in [6, 6.07) is 16.6. The first-order valence-corrected chi connectivity index (χ1v) is 8.66. The summed E-state index contributed by atoms with van der Waals surface area (Å²) in [7, 11) is 0. The van der Waals surface area contributed by atoms with Gasteiger partial charge in [0, 0.05) is 11.1 Å². The van der Waals surface area contributed by atoms with Crippen LogP contribution in [0.2, 0.25) is 5.02 Å². The van der Waals surface area contributed by atoms with E-state index >= 15 is 0 Å². The number of Topliss-reactive ketones (excluding diaryl/α,β-unsaturated/α-hetero) is 1. The van der Waals surface area contributed by atoms with Gasteiger partial charge in [0.2, 0.25) is 5.91 Å². The Hall–Kier alpha value is -2.17. The van der Waals surface area contributed by atoms with Gasteiger partial charge in [0.25, 0.3) is 0 Å². The highest BCUT2D eigenvalue weighted by Crippen LogP contribution is 2.21. The fourth-order valence-corrected chi connectivity index (χ4v) is 2.87. The maximum Gasteiger partial charge on any atom is 0.234 e. The number of nitrogens with one attached hydrogen (secondary N) is 2. The molecule has 0 fully saturated rings. The molecule has 132 valence electrons. The van der Waals surface area contributed by atoms with Gasteiger partial charge < -0.3 is 10.6 Å². The van der Waals surface area contributed by atoms with Crippen molar-refractivity contribution >= 4 is 23.3 Å². The van der Waals surface area contributed by atoms with Crippen LogP contribution in [0.1, 0.15) is 31.0 Å². The van der Waals surface area contributed by atoms with Crippen LogP contribution in [0, 0.1) is 0 Å². The second kappa shape index (κ2) is 9.35. The summed E-state index contributed by atoms with van der Waals surface area (Å²) in [5.74, 6) is -0.272. The Labute approximate surface area is 153 Å². The first kappa shape index (κ1) is 19.2. The van der Waals surface area contributed by atoms with E-state index in [0.717, 1.165) is 11.1 Å². The van der Waals surface area contributed by atoms with Gasteiger partial charge in [-0.15, -0.1) is 0 Å². The third kappa shape index (κ3) is 6.00. The lowest BCUT2D eigenvalue weighted by atomic mass is 10.0. The van der Waals surface area contributed by atoms with Crippen LogP contribution in [-0.2, 0) is 16.0 Å². The molecule has 0 unspecified atom stereocenters. The SMILES string of the molecule is CC(=O)[C@H](Cc1ccccc1)NC(=O)CN[C@H](C)c1ccccc1Cl. The molecule has 0 radical (unpaired) electrons. The lowest BCUT2D eigenvalue weighted by Crippen LogP contribution is -2.45. The molecule has 2 N–H and O–H groups in total. The Kier molecular flexibility index (Phi) is 7.16. The molecule has 0 saturated carbocycles. The molecule has 0 heterocycles. The second-order valence-electron chi connectivity index (χ2n) is 6.04. The first-order valence-electron chi connectivity index (χ1n) is 8.29. The number of carbonyl (C=O) groups excluding carboxylic acids is 2. The Morgan fingerprint density at radius 3 is 2.32 bits per heavy atom. The van der Waals surface area contributed by atoms with Gasteiger partial charge in [-0.1, -0.05) is 60.1 Å². The van der Waals surface area contributed by atoms with E-state index in [9.17, 15) is 9.59 Å². The first-order chi connectivity index (χ1) is 12.0. The number of hydrogen-bond donors (Lipinski definition) is 2. The van der Waals surface area contributed by atoms with Crippen molar-refractivity contribution in [3.63, 3.8) is 0 Å². The van der Waals surface area contributed by atoms with E-state index in [1.54, 1.807) is 0 Å². The predicted molar refractivity (Wildman–Crippen MR) is 101 cm³/mol. The van der Waals surface area contributed by atoms with E-state index in [0.29, 0.717) is 11.4 Å². The molecule has 1 amide bonds. The molecule has 0 aliphatic heterocycles.